The van der Waals surface area contributed by atoms with E-state index in [1.54, 1.807) is 36.7 Å². The van der Waals surface area contributed by atoms with Crippen LogP contribution in [0.3, 0.4) is 0 Å². The maximum absolute atomic E-state index is 12.3. The zero-order valence-corrected chi connectivity index (χ0v) is 19.8. The lowest BCUT2D eigenvalue weighted by Crippen LogP contribution is -2.28. The van der Waals surface area contributed by atoms with Crippen LogP contribution in [0.15, 0.2) is 63.2 Å². The average molecular weight is 489 g/mol. The third-order valence-corrected chi connectivity index (χ3v) is 7.35. The normalized spacial score (nSPS) is 18.8. The summed E-state index contributed by atoms with van der Waals surface area (Å²) in [5.74, 6) is 0.307. The summed E-state index contributed by atoms with van der Waals surface area (Å²) in [5.41, 5.74) is 2.37. The Bertz CT molecular complexity index is 1200. The van der Waals surface area contributed by atoms with Gasteiger partial charge in [0.2, 0.25) is 15.9 Å². The van der Waals surface area contributed by atoms with Gasteiger partial charge in [0.1, 0.15) is 17.7 Å². The highest BCUT2D eigenvalue weighted by Crippen LogP contribution is 2.27. The van der Waals surface area contributed by atoms with Crippen LogP contribution in [0.25, 0.3) is 11.1 Å². The van der Waals surface area contributed by atoms with Gasteiger partial charge in [-0.3, -0.25) is 9.79 Å². The fourth-order valence-electron chi connectivity index (χ4n) is 3.72. The SMILES string of the molecule is CCCNS(=O)(=O)c1ccc(-c2ccnc(O[C@@H]3CCN(C4=C(Cl)C(=O)CN=C4)C3)c2)cc1. The van der Waals surface area contributed by atoms with Gasteiger partial charge in [0.25, 0.3) is 0 Å². The molecule has 1 atom stereocenters. The second-order valence-corrected chi connectivity index (χ2v) is 10.0. The van der Waals surface area contributed by atoms with Crippen LogP contribution in [0.1, 0.15) is 19.8 Å². The molecule has 0 amide bonds. The number of pyridine rings is 1. The van der Waals surface area contributed by atoms with Crippen LogP contribution in [-0.4, -0.2) is 62.6 Å². The lowest BCUT2D eigenvalue weighted by Gasteiger charge is -2.22. The van der Waals surface area contributed by atoms with Gasteiger partial charge >= 0.3 is 0 Å². The number of aromatic nitrogens is 1. The Morgan fingerprint density at radius 2 is 2.00 bits per heavy atom. The van der Waals surface area contributed by atoms with E-state index in [9.17, 15) is 13.2 Å². The van der Waals surface area contributed by atoms with Crippen LogP contribution < -0.4 is 9.46 Å². The number of rotatable bonds is 8. The van der Waals surface area contributed by atoms with Gasteiger partial charge in [0.05, 0.1) is 17.1 Å². The number of halogens is 1. The minimum absolute atomic E-state index is 0.0922. The predicted octanol–water partition coefficient (Wildman–Crippen LogP) is 2.99. The lowest BCUT2D eigenvalue weighted by molar-refractivity contribution is -0.113. The Morgan fingerprint density at radius 1 is 1.21 bits per heavy atom. The number of Topliss-reactive ketones (excluding diaryl/α,β-unsaturated/α-hetero) is 1. The van der Waals surface area contributed by atoms with Gasteiger partial charge in [-0.25, -0.2) is 18.1 Å². The van der Waals surface area contributed by atoms with Crippen LogP contribution in [0.5, 0.6) is 5.88 Å². The van der Waals surface area contributed by atoms with Crippen molar-refractivity contribution in [2.75, 3.05) is 26.2 Å². The first-order valence-corrected chi connectivity index (χ1v) is 12.6. The molecule has 2 aliphatic heterocycles. The molecule has 0 bridgehead atoms. The van der Waals surface area contributed by atoms with Crippen LogP contribution in [0, 0.1) is 0 Å². The van der Waals surface area contributed by atoms with Crippen molar-refractivity contribution in [1.29, 1.82) is 0 Å². The molecule has 0 unspecified atom stereocenters. The molecule has 1 aromatic heterocycles. The Labute approximate surface area is 198 Å². The van der Waals surface area contributed by atoms with Crippen LogP contribution in [-0.2, 0) is 14.8 Å². The highest BCUT2D eigenvalue weighted by atomic mass is 35.5. The van der Waals surface area contributed by atoms with Gasteiger partial charge in [-0.2, -0.15) is 0 Å². The van der Waals surface area contributed by atoms with E-state index in [0.29, 0.717) is 31.2 Å². The quantitative estimate of drug-likeness (QED) is 0.613. The van der Waals surface area contributed by atoms with E-state index in [4.69, 9.17) is 16.3 Å². The molecule has 1 aromatic carbocycles. The van der Waals surface area contributed by atoms with E-state index in [0.717, 1.165) is 24.0 Å². The Balaban J connectivity index is 1.43. The first kappa shape index (κ1) is 23.4. The molecule has 1 saturated heterocycles. The molecule has 33 heavy (non-hydrogen) atoms. The molecule has 4 rings (SSSR count). The highest BCUT2D eigenvalue weighted by molar-refractivity contribution is 7.89. The number of benzene rings is 1. The summed E-state index contributed by atoms with van der Waals surface area (Å²) in [4.78, 5) is 22.4. The Morgan fingerprint density at radius 3 is 2.76 bits per heavy atom. The Kier molecular flexibility index (Phi) is 7.11. The van der Waals surface area contributed by atoms with Crippen molar-refractivity contribution in [3.63, 3.8) is 0 Å². The van der Waals surface area contributed by atoms with Gasteiger partial charge in [0.15, 0.2) is 5.78 Å². The van der Waals surface area contributed by atoms with Crippen LogP contribution >= 0.6 is 11.6 Å². The van der Waals surface area contributed by atoms with Crippen molar-refractivity contribution in [1.82, 2.24) is 14.6 Å². The summed E-state index contributed by atoms with van der Waals surface area (Å²) in [6, 6.07) is 10.4. The van der Waals surface area contributed by atoms with E-state index < -0.39 is 10.0 Å². The molecule has 1 N–H and O–H groups in total. The van der Waals surface area contributed by atoms with Crippen molar-refractivity contribution in [2.45, 2.75) is 30.8 Å². The standard InChI is InChI=1S/C23H25ClN4O4S/c1-2-9-27-33(30,31)19-5-3-16(4-6-19)17-7-10-26-22(12-17)32-18-8-11-28(15-18)20-13-25-14-21(29)23(20)24/h3-7,10,12-13,18,27H,2,8-9,11,14-15H2,1H3/t18-/m1/s1. The number of allylic oxidation sites excluding steroid dienone is 1. The highest BCUT2D eigenvalue weighted by Gasteiger charge is 2.29. The number of dihydropyridines is 1. The van der Waals surface area contributed by atoms with Crippen LogP contribution in [0.4, 0.5) is 0 Å². The summed E-state index contributed by atoms with van der Waals surface area (Å²) in [7, 11) is -3.50. The molecular weight excluding hydrogens is 464 g/mol. The minimum Gasteiger partial charge on any atom is -0.472 e. The number of nitrogens with one attached hydrogen (secondary N) is 1. The molecule has 10 heteroatoms. The molecule has 3 heterocycles. The van der Waals surface area contributed by atoms with Crippen molar-refractivity contribution < 1.29 is 17.9 Å². The molecule has 2 aliphatic rings. The summed E-state index contributed by atoms with van der Waals surface area (Å²) < 4.78 is 33.2. The summed E-state index contributed by atoms with van der Waals surface area (Å²) in [6.45, 7) is 3.69. The summed E-state index contributed by atoms with van der Waals surface area (Å²) in [5, 5.41) is 0.223. The Hall–Kier alpha value is -2.75. The van der Waals surface area contributed by atoms with E-state index in [1.165, 1.54) is 0 Å². The number of hydrogen-bond acceptors (Lipinski definition) is 7. The number of likely N-dealkylation sites (tertiary alicyclic amines) is 1. The molecule has 0 aliphatic carbocycles. The molecular formula is C23H25ClN4O4S. The van der Waals surface area contributed by atoms with Gasteiger partial charge in [-0.1, -0.05) is 30.7 Å². The van der Waals surface area contributed by atoms with Gasteiger partial charge in [-0.05, 0) is 35.7 Å². The summed E-state index contributed by atoms with van der Waals surface area (Å²) in [6.07, 6.45) is 4.70. The van der Waals surface area contributed by atoms with E-state index in [2.05, 4.69) is 14.7 Å². The van der Waals surface area contributed by atoms with Crippen molar-refractivity contribution in [2.24, 2.45) is 4.99 Å². The minimum atomic E-state index is -3.50. The van der Waals surface area contributed by atoms with Crippen molar-refractivity contribution in [3.8, 4) is 17.0 Å². The van der Waals surface area contributed by atoms with Crippen molar-refractivity contribution >= 4 is 33.6 Å². The number of hydrogen-bond donors (Lipinski definition) is 1. The fraction of sp³-hybridized carbons (Fsp3) is 0.348. The largest absolute Gasteiger partial charge is 0.472 e. The average Bonchev–Trinajstić information content (AvgIpc) is 3.28. The third-order valence-electron chi connectivity index (χ3n) is 5.47. The number of aliphatic imine (C=N–C) groups is 1. The summed E-state index contributed by atoms with van der Waals surface area (Å²) >= 11 is 6.18. The fourth-order valence-corrected chi connectivity index (χ4v) is 5.08. The molecule has 0 radical (unpaired) electrons. The topological polar surface area (TPSA) is 101 Å². The zero-order chi connectivity index (χ0) is 23.4. The molecule has 2 aromatic rings. The van der Waals surface area contributed by atoms with Crippen LogP contribution in [0.2, 0.25) is 0 Å². The number of ether oxygens (including phenoxy) is 1. The molecule has 0 spiro atoms. The number of carbonyl (C=O) groups is 1. The molecule has 1 fully saturated rings. The first-order chi connectivity index (χ1) is 15.9. The maximum Gasteiger partial charge on any atom is 0.240 e. The second kappa shape index (κ2) is 10.0. The molecule has 8 nitrogen and oxygen atoms in total. The molecule has 0 saturated carbocycles. The maximum atomic E-state index is 12.3. The second-order valence-electron chi connectivity index (χ2n) is 7.87. The monoisotopic (exact) mass is 488 g/mol. The first-order valence-electron chi connectivity index (χ1n) is 10.8. The van der Waals surface area contributed by atoms with E-state index >= 15 is 0 Å². The van der Waals surface area contributed by atoms with E-state index in [1.807, 2.05) is 24.0 Å². The lowest BCUT2D eigenvalue weighted by atomic mass is 10.1. The van der Waals surface area contributed by atoms with E-state index in [-0.39, 0.29) is 28.4 Å². The predicted molar refractivity (Wildman–Crippen MR) is 127 cm³/mol. The van der Waals surface area contributed by atoms with Gasteiger partial charge < -0.3 is 9.64 Å². The van der Waals surface area contributed by atoms with Gasteiger partial charge in [0, 0.05) is 38.0 Å². The number of ketones is 1. The smallest absolute Gasteiger partial charge is 0.240 e. The third kappa shape index (κ3) is 5.43. The van der Waals surface area contributed by atoms with Crippen molar-refractivity contribution in [3.05, 3.63) is 53.3 Å². The number of sulfonamides is 1. The number of nitrogens with zero attached hydrogens (tertiary/aromatic N) is 3. The molecule has 174 valence electrons. The van der Waals surface area contributed by atoms with Gasteiger partial charge in [-0.15, -0.1) is 0 Å². The number of carbonyl (C=O) groups excluding carboxylic acids is 1. The zero-order valence-electron chi connectivity index (χ0n) is 18.2.